The molecule has 0 aromatic heterocycles. The zero-order valence-electron chi connectivity index (χ0n) is 8.27. The maximum atomic E-state index is 11.0. The van der Waals surface area contributed by atoms with E-state index in [1.54, 1.807) is 0 Å². The number of carbonyl (C=O) groups excluding carboxylic acids is 1. The number of hydrogen-bond donors (Lipinski definition) is 4. The second-order valence-corrected chi connectivity index (χ2v) is 2.88. The molecule has 0 saturated heterocycles. The highest BCUT2D eigenvalue weighted by Crippen LogP contribution is 1.90. The topological polar surface area (TPSA) is 105 Å². The molecule has 0 aliphatic carbocycles. The Hall–Kier alpha value is -0.690. The van der Waals surface area contributed by atoms with Gasteiger partial charge in [-0.1, -0.05) is 0 Å². The molecule has 2 atom stereocenters. The van der Waals surface area contributed by atoms with Gasteiger partial charge in [0.1, 0.15) is 0 Å². The van der Waals surface area contributed by atoms with Crippen LogP contribution in [0.2, 0.25) is 0 Å². The molecule has 84 valence electrons. The van der Waals surface area contributed by atoms with E-state index in [2.05, 4.69) is 5.32 Å². The molecule has 6 nitrogen and oxygen atoms in total. The molecule has 1 amide bonds. The van der Waals surface area contributed by atoms with Crippen molar-refractivity contribution in [1.82, 2.24) is 5.32 Å². The van der Waals surface area contributed by atoms with Crippen molar-refractivity contribution in [3.63, 3.8) is 0 Å². The van der Waals surface area contributed by atoms with Gasteiger partial charge in [-0.3, -0.25) is 4.79 Å². The zero-order chi connectivity index (χ0) is 11.0. The van der Waals surface area contributed by atoms with Crippen LogP contribution in [0.4, 0.5) is 0 Å². The average molecular weight is 206 g/mol. The lowest BCUT2D eigenvalue weighted by Crippen LogP contribution is -2.42. The van der Waals surface area contributed by atoms with Crippen LogP contribution in [0, 0.1) is 0 Å². The minimum Gasteiger partial charge on any atom is -0.390 e. The van der Waals surface area contributed by atoms with Gasteiger partial charge in [-0.15, -0.1) is 0 Å². The highest BCUT2D eigenvalue weighted by Gasteiger charge is 2.19. The first-order valence-electron chi connectivity index (χ1n) is 4.51. The molecular weight excluding hydrogens is 188 g/mol. The van der Waals surface area contributed by atoms with Crippen LogP contribution >= 0.6 is 0 Å². The van der Waals surface area contributed by atoms with Gasteiger partial charge >= 0.3 is 0 Å². The molecule has 0 rings (SSSR count). The minimum atomic E-state index is -1.38. The minimum absolute atomic E-state index is 0.294. The van der Waals surface area contributed by atoms with E-state index in [1.165, 1.54) is 6.92 Å². The number of aliphatic hydroxyl groups excluding tert-OH is 2. The number of carbonyl (C=O) groups is 1. The van der Waals surface area contributed by atoms with E-state index in [1.807, 2.05) is 0 Å². The van der Waals surface area contributed by atoms with Crippen molar-refractivity contribution in [2.45, 2.75) is 19.1 Å². The van der Waals surface area contributed by atoms with Gasteiger partial charge < -0.3 is 26.0 Å². The molecule has 0 spiro atoms. The summed E-state index contributed by atoms with van der Waals surface area (Å²) in [7, 11) is 0. The van der Waals surface area contributed by atoms with Gasteiger partial charge in [0, 0.05) is 13.1 Å². The number of nitrogens with one attached hydrogen (secondary N) is 1. The number of nitrogens with two attached hydrogens (primary N) is 1. The Labute approximate surface area is 83.0 Å². The Balaban J connectivity index is 3.44. The monoisotopic (exact) mass is 206 g/mol. The molecule has 5 N–H and O–H groups in total. The lowest BCUT2D eigenvalue weighted by molar-refractivity contribution is -0.134. The van der Waals surface area contributed by atoms with E-state index >= 15 is 0 Å². The third kappa shape index (κ3) is 5.87. The van der Waals surface area contributed by atoms with E-state index in [0.29, 0.717) is 26.3 Å². The molecule has 6 heteroatoms. The zero-order valence-corrected chi connectivity index (χ0v) is 8.27. The average Bonchev–Trinajstić information content (AvgIpc) is 2.16. The molecule has 0 aliphatic heterocycles. The highest BCUT2D eigenvalue weighted by molar-refractivity contribution is 5.80. The maximum Gasteiger partial charge on any atom is 0.251 e. The third-order valence-electron chi connectivity index (χ3n) is 1.53. The summed E-state index contributed by atoms with van der Waals surface area (Å²) in [6.07, 6.45) is -2.45. The van der Waals surface area contributed by atoms with Gasteiger partial charge in [0.2, 0.25) is 0 Å². The number of aliphatic hydroxyl groups is 2. The lowest BCUT2D eigenvalue weighted by Gasteiger charge is -2.13. The summed E-state index contributed by atoms with van der Waals surface area (Å²) in [4.78, 5) is 11.0. The van der Waals surface area contributed by atoms with Crippen LogP contribution < -0.4 is 11.1 Å². The molecule has 0 unspecified atom stereocenters. The highest BCUT2D eigenvalue weighted by atomic mass is 16.5. The summed E-state index contributed by atoms with van der Waals surface area (Å²) in [5.74, 6) is -0.601. The third-order valence-corrected chi connectivity index (χ3v) is 1.53. The predicted octanol–water partition coefficient (Wildman–Crippen LogP) is -2.18. The van der Waals surface area contributed by atoms with E-state index in [-0.39, 0.29) is 0 Å². The van der Waals surface area contributed by atoms with Crippen molar-refractivity contribution < 1.29 is 19.7 Å². The van der Waals surface area contributed by atoms with Gasteiger partial charge in [-0.25, -0.2) is 0 Å². The van der Waals surface area contributed by atoms with Crippen molar-refractivity contribution in [3.8, 4) is 0 Å². The van der Waals surface area contributed by atoms with Crippen molar-refractivity contribution in [2.75, 3.05) is 26.3 Å². The van der Waals surface area contributed by atoms with E-state index in [0.717, 1.165) is 0 Å². The van der Waals surface area contributed by atoms with Crippen LogP contribution in [0.15, 0.2) is 0 Å². The number of rotatable bonds is 7. The summed E-state index contributed by atoms with van der Waals surface area (Å²) >= 11 is 0. The van der Waals surface area contributed by atoms with Gasteiger partial charge in [0.15, 0.2) is 6.10 Å². The Bertz CT molecular complexity index is 163. The Kier molecular flexibility index (Phi) is 7.31. The Morgan fingerprint density at radius 3 is 2.64 bits per heavy atom. The molecule has 0 bridgehead atoms. The van der Waals surface area contributed by atoms with Gasteiger partial charge in [-0.05, 0) is 6.92 Å². The van der Waals surface area contributed by atoms with Crippen LogP contribution in [0.25, 0.3) is 0 Å². The van der Waals surface area contributed by atoms with Crippen LogP contribution in [0.1, 0.15) is 6.92 Å². The van der Waals surface area contributed by atoms with E-state index in [9.17, 15) is 4.79 Å². The smallest absolute Gasteiger partial charge is 0.251 e. The van der Waals surface area contributed by atoms with E-state index in [4.69, 9.17) is 20.7 Å². The molecular formula is C8H18N2O4. The molecule has 0 saturated carbocycles. The second kappa shape index (κ2) is 7.69. The SMILES string of the molecule is C[C@@H](O)[C@H](O)C(=O)NCCOCCN. The fraction of sp³-hybridized carbons (Fsp3) is 0.875. The fourth-order valence-corrected chi connectivity index (χ4v) is 0.755. The van der Waals surface area contributed by atoms with Crippen LogP contribution in [-0.2, 0) is 9.53 Å². The number of ether oxygens (including phenoxy) is 1. The Morgan fingerprint density at radius 1 is 1.50 bits per heavy atom. The molecule has 0 heterocycles. The Morgan fingerprint density at radius 2 is 2.14 bits per heavy atom. The molecule has 0 fully saturated rings. The van der Waals surface area contributed by atoms with Crippen molar-refractivity contribution in [3.05, 3.63) is 0 Å². The lowest BCUT2D eigenvalue weighted by atomic mass is 10.2. The number of amides is 1. The summed E-state index contributed by atoms with van der Waals surface area (Å²) in [6.45, 7) is 2.85. The van der Waals surface area contributed by atoms with Crippen LogP contribution in [0.3, 0.4) is 0 Å². The fourth-order valence-electron chi connectivity index (χ4n) is 0.755. The normalized spacial score (nSPS) is 14.9. The largest absolute Gasteiger partial charge is 0.390 e. The molecule has 14 heavy (non-hydrogen) atoms. The standard InChI is InChI=1S/C8H18N2O4/c1-6(11)7(12)8(13)10-3-5-14-4-2-9/h6-7,11-12H,2-5,9H2,1H3,(H,10,13)/t6-,7+/m1/s1. The van der Waals surface area contributed by atoms with Gasteiger partial charge in [-0.2, -0.15) is 0 Å². The molecule has 0 aliphatic rings. The van der Waals surface area contributed by atoms with Crippen LogP contribution in [-0.4, -0.2) is 54.6 Å². The molecule has 0 aromatic carbocycles. The number of hydrogen-bond acceptors (Lipinski definition) is 5. The van der Waals surface area contributed by atoms with Gasteiger partial charge in [0.25, 0.3) is 5.91 Å². The molecule has 0 aromatic rings. The van der Waals surface area contributed by atoms with E-state index < -0.39 is 18.1 Å². The first-order valence-corrected chi connectivity index (χ1v) is 4.51. The predicted molar refractivity (Wildman–Crippen MR) is 50.6 cm³/mol. The first-order chi connectivity index (χ1) is 6.59. The van der Waals surface area contributed by atoms with Crippen LogP contribution in [0.5, 0.6) is 0 Å². The van der Waals surface area contributed by atoms with Gasteiger partial charge in [0.05, 0.1) is 19.3 Å². The van der Waals surface area contributed by atoms with Crippen molar-refractivity contribution in [2.24, 2.45) is 5.73 Å². The first kappa shape index (κ1) is 13.3. The summed E-state index contributed by atoms with van der Waals surface area (Å²) in [5.41, 5.74) is 5.17. The quantitative estimate of drug-likeness (QED) is 0.354. The van der Waals surface area contributed by atoms with Crippen molar-refractivity contribution in [1.29, 1.82) is 0 Å². The summed E-state index contributed by atoms with van der Waals surface area (Å²) in [5, 5.41) is 20.4. The van der Waals surface area contributed by atoms with Crippen molar-refractivity contribution >= 4 is 5.91 Å². The second-order valence-electron chi connectivity index (χ2n) is 2.88. The maximum absolute atomic E-state index is 11.0. The molecule has 0 radical (unpaired) electrons. The summed E-state index contributed by atoms with van der Waals surface area (Å²) < 4.78 is 4.99. The summed E-state index contributed by atoms with van der Waals surface area (Å²) in [6, 6.07) is 0.